The summed E-state index contributed by atoms with van der Waals surface area (Å²) in [5.41, 5.74) is 6.38. The normalized spacial score (nSPS) is 11.4. The van der Waals surface area contributed by atoms with Crippen LogP contribution in [-0.4, -0.2) is 8.42 Å². The van der Waals surface area contributed by atoms with E-state index in [0.29, 0.717) is 21.3 Å². The highest BCUT2D eigenvalue weighted by Gasteiger charge is 2.16. The van der Waals surface area contributed by atoms with Gasteiger partial charge in [-0.05, 0) is 42.0 Å². The molecule has 2 aromatic carbocycles. The fourth-order valence-corrected chi connectivity index (χ4v) is 3.24. The van der Waals surface area contributed by atoms with E-state index >= 15 is 0 Å². The highest BCUT2D eigenvalue weighted by molar-refractivity contribution is 7.92. The lowest BCUT2D eigenvalue weighted by Gasteiger charge is -2.10. The third kappa shape index (κ3) is 3.81. The Morgan fingerprint density at radius 1 is 0.952 bits per heavy atom. The zero-order chi connectivity index (χ0) is 15.6. The molecule has 21 heavy (non-hydrogen) atoms. The average molecular weight is 366 g/mol. The Morgan fingerprint density at radius 3 is 2.24 bits per heavy atom. The molecule has 0 aliphatic carbocycles. The molecule has 0 aliphatic heterocycles. The summed E-state index contributed by atoms with van der Waals surface area (Å²) in [5, 5.41) is 1.03. The Morgan fingerprint density at radius 2 is 1.62 bits per heavy atom. The minimum Gasteiger partial charge on any atom is -0.326 e. The summed E-state index contributed by atoms with van der Waals surface area (Å²) in [5.74, 6) is 0. The molecule has 0 fully saturated rings. The molecule has 0 bridgehead atoms. The molecule has 0 spiro atoms. The minimum atomic E-state index is -3.76. The zero-order valence-corrected chi connectivity index (χ0v) is 13.7. The van der Waals surface area contributed by atoms with E-state index in [4.69, 9.17) is 40.5 Å². The van der Waals surface area contributed by atoms with Gasteiger partial charge in [0, 0.05) is 11.6 Å². The Bertz CT molecular complexity index is 779. The summed E-state index contributed by atoms with van der Waals surface area (Å²) in [4.78, 5) is 0.0680. The van der Waals surface area contributed by atoms with Gasteiger partial charge in [0.2, 0.25) is 0 Å². The van der Waals surface area contributed by atoms with Gasteiger partial charge < -0.3 is 5.73 Å². The second-order valence-corrected chi connectivity index (χ2v) is 7.10. The molecule has 0 amide bonds. The Kier molecular flexibility index (Phi) is 5.01. The van der Waals surface area contributed by atoms with Crippen molar-refractivity contribution in [2.24, 2.45) is 5.73 Å². The van der Waals surface area contributed by atoms with Gasteiger partial charge >= 0.3 is 0 Å². The number of sulfonamides is 1. The molecule has 8 heteroatoms. The molecule has 0 heterocycles. The molecule has 0 aromatic heterocycles. The Hall–Kier alpha value is -0.980. The molecule has 0 unspecified atom stereocenters. The molecule has 0 atom stereocenters. The van der Waals surface area contributed by atoms with Crippen LogP contribution in [0.3, 0.4) is 0 Å². The van der Waals surface area contributed by atoms with Gasteiger partial charge in [-0.2, -0.15) is 0 Å². The van der Waals surface area contributed by atoms with Gasteiger partial charge in [-0.1, -0.05) is 34.8 Å². The highest BCUT2D eigenvalue weighted by atomic mass is 35.5. The van der Waals surface area contributed by atoms with Gasteiger partial charge in [-0.15, -0.1) is 0 Å². The first-order valence-electron chi connectivity index (χ1n) is 5.80. The number of hydrogen-bond donors (Lipinski definition) is 2. The number of nitrogens with one attached hydrogen (secondary N) is 1. The van der Waals surface area contributed by atoms with E-state index < -0.39 is 10.0 Å². The molecule has 112 valence electrons. The van der Waals surface area contributed by atoms with Crippen molar-refractivity contribution in [1.29, 1.82) is 0 Å². The molecule has 4 nitrogen and oxygen atoms in total. The molecule has 0 radical (unpaired) electrons. The quantitative estimate of drug-likeness (QED) is 0.863. The van der Waals surface area contributed by atoms with Crippen LogP contribution in [-0.2, 0) is 16.6 Å². The molecular formula is C13H11Cl3N2O2S. The maximum atomic E-state index is 12.3. The van der Waals surface area contributed by atoms with Crippen LogP contribution in [0.5, 0.6) is 0 Å². The van der Waals surface area contributed by atoms with Crippen molar-refractivity contribution in [2.75, 3.05) is 4.72 Å². The zero-order valence-electron chi connectivity index (χ0n) is 10.6. The summed E-state index contributed by atoms with van der Waals surface area (Å²) < 4.78 is 27.0. The van der Waals surface area contributed by atoms with Crippen LogP contribution in [0.4, 0.5) is 5.69 Å². The lowest BCUT2D eigenvalue weighted by atomic mass is 10.2. The first-order valence-corrected chi connectivity index (χ1v) is 8.41. The second kappa shape index (κ2) is 6.42. The van der Waals surface area contributed by atoms with E-state index in [-0.39, 0.29) is 16.5 Å². The van der Waals surface area contributed by atoms with Crippen molar-refractivity contribution in [3.05, 3.63) is 57.0 Å². The summed E-state index contributed by atoms with van der Waals surface area (Å²) in [7, 11) is -3.76. The minimum absolute atomic E-state index is 0.0680. The summed E-state index contributed by atoms with van der Waals surface area (Å²) in [6.07, 6.45) is 0. The van der Waals surface area contributed by atoms with Gasteiger partial charge in [-0.25, -0.2) is 8.42 Å². The summed E-state index contributed by atoms with van der Waals surface area (Å²) in [6, 6.07) is 8.79. The first kappa shape index (κ1) is 16.4. The van der Waals surface area contributed by atoms with Gasteiger partial charge in [0.25, 0.3) is 10.0 Å². The predicted octanol–water partition coefficient (Wildman–Crippen LogP) is 3.91. The maximum absolute atomic E-state index is 12.3. The molecule has 0 saturated heterocycles. The number of hydrogen-bond acceptors (Lipinski definition) is 3. The van der Waals surface area contributed by atoms with E-state index in [1.54, 1.807) is 0 Å². The van der Waals surface area contributed by atoms with Crippen molar-refractivity contribution in [3.63, 3.8) is 0 Å². The van der Waals surface area contributed by atoms with E-state index in [0.717, 1.165) is 0 Å². The third-order valence-corrected chi connectivity index (χ3v) is 5.21. The van der Waals surface area contributed by atoms with E-state index in [9.17, 15) is 8.42 Å². The molecule has 0 saturated carbocycles. The molecular weight excluding hydrogens is 355 g/mol. The number of halogens is 3. The first-order chi connectivity index (χ1) is 9.83. The van der Waals surface area contributed by atoms with Crippen molar-refractivity contribution in [3.8, 4) is 0 Å². The van der Waals surface area contributed by atoms with Crippen LogP contribution in [0, 0.1) is 0 Å². The van der Waals surface area contributed by atoms with Crippen LogP contribution >= 0.6 is 34.8 Å². The predicted molar refractivity (Wildman–Crippen MR) is 86.6 cm³/mol. The van der Waals surface area contributed by atoms with Crippen LogP contribution in [0.25, 0.3) is 0 Å². The average Bonchev–Trinajstić information content (AvgIpc) is 2.43. The standard InChI is InChI=1S/C13H11Cl3N2O2S/c14-11-4-2-10(5-8(11)7-17)21(19,20)18-9-1-3-12(15)13(16)6-9/h1-6,18H,7,17H2. The van der Waals surface area contributed by atoms with E-state index in [1.165, 1.54) is 36.4 Å². The van der Waals surface area contributed by atoms with Crippen LogP contribution in [0.15, 0.2) is 41.3 Å². The van der Waals surface area contributed by atoms with Crippen LogP contribution < -0.4 is 10.5 Å². The lowest BCUT2D eigenvalue weighted by Crippen LogP contribution is -2.13. The smallest absolute Gasteiger partial charge is 0.261 e. The third-order valence-electron chi connectivity index (χ3n) is 2.72. The topological polar surface area (TPSA) is 72.2 Å². The van der Waals surface area contributed by atoms with Crippen LogP contribution in [0.1, 0.15) is 5.56 Å². The molecule has 3 N–H and O–H groups in total. The van der Waals surface area contributed by atoms with E-state index in [2.05, 4.69) is 4.72 Å². The molecule has 0 aliphatic rings. The fourth-order valence-electron chi connectivity index (χ4n) is 1.65. The van der Waals surface area contributed by atoms with Gasteiger partial charge in [-0.3, -0.25) is 4.72 Å². The molecule has 2 aromatic rings. The molecule has 2 rings (SSSR count). The van der Waals surface area contributed by atoms with Crippen LogP contribution in [0.2, 0.25) is 15.1 Å². The highest BCUT2D eigenvalue weighted by Crippen LogP contribution is 2.27. The van der Waals surface area contributed by atoms with Gasteiger partial charge in [0.15, 0.2) is 0 Å². The lowest BCUT2D eigenvalue weighted by molar-refractivity contribution is 0.601. The monoisotopic (exact) mass is 364 g/mol. The maximum Gasteiger partial charge on any atom is 0.261 e. The van der Waals surface area contributed by atoms with Crippen molar-refractivity contribution >= 4 is 50.5 Å². The number of nitrogens with two attached hydrogens (primary N) is 1. The number of benzene rings is 2. The van der Waals surface area contributed by atoms with Crippen molar-refractivity contribution < 1.29 is 8.42 Å². The largest absolute Gasteiger partial charge is 0.326 e. The van der Waals surface area contributed by atoms with Crippen molar-refractivity contribution in [2.45, 2.75) is 11.4 Å². The summed E-state index contributed by atoms with van der Waals surface area (Å²) >= 11 is 17.6. The summed E-state index contributed by atoms with van der Waals surface area (Å²) in [6.45, 7) is 0.148. The van der Waals surface area contributed by atoms with Gasteiger partial charge in [0.1, 0.15) is 0 Å². The number of anilines is 1. The SMILES string of the molecule is NCc1cc(S(=O)(=O)Nc2ccc(Cl)c(Cl)c2)ccc1Cl. The fraction of sp³-hybridized carbons (Fsp3) is 0.0769. The van der Waals surface area contributed by atoms with Gasteiger partial charge in [0.05, 0.1) is 20.6 Å². The Labute approximate surface area is 137 Å². The number of rotatable bonds is 4. The second-order valence-electron chi connectivity index (χ2n) is 4.19. The van der Waals surface area contributed by atoms with E-state index in [1.807, 2.05) is 0 Å². The van der Waals surface area contributed by atoms with Crippen molar-refractivity contribution in [1.82, 2.24) is 0 Å². The Balaban J connectivity index is 2.35.